The third-order valence-electron chi connectivity index (χ3n) is 2.37. The fourth-order valence-electron chi connectivity index (χ4n) is 1.46. The van der Waals surface area contributed by atoms with E-state index in [1.165, 1.54) is 24.4 Å². The topological polar surface area (TPSA) is 82.9 Å². The number of anilines is 1. The van der Waals surface area contributed by atoms with Gasteiger partial charge in [-0.25, -0.2) is 8.42 Å². The number of rotatable bonds is 3. The van der Waals surface area contributed by atoms with E-state index in [2.05, 4.69) is 25.6 Å². The van der Waals surface area contributed by atoms with Crippen LogP contribution in [-0.2, 0) is 10.0 Å². The minimum Gasteiger partial charge on any atom is -0.278 e. The third-order valence-corrected chi connectivity index (χ3v) is 4.70. The lowest BCUT2D eigenvalue weighted by atomic mass is 10.2. The maximum Gasteiger partial charge on any atom is 0.264 e. The van der Waals surface area contributed by atoms with E-state index < -0.39 is 10.0 Å². The smallest absolute Gasteiger partial charge is 0.264 e. The summed E-state index contributed by atoms with van der Waals surface area (Å²) < 4.78 is 27.5. The number of pyridine rings is 1. The van der Waals surface area contributed by atoms with Crippen molar-refractivity contribution in [1.29, 1.82) is 5.26 Å². The first-order chi connectivity index (χ1) is 9.44. The normalized spacial score (nSPS) is 10.8. The summed E-state index contributed by atoms with van der Waals surface area (Å²) in [5, 5.41) is 9.05. The van der Waals surface area contributed by atoms with Crippen LogP contribution in [0.4, 0.5) is 5.69 Å². The van der Waals surface area contributed by atoms with Gasteiger partial charge in [-0.15, -0.1) is 0 Å². The monoisotopic (exact) mass is 371 g/mol. The van der Waals surface area contributed by atoms with Gasteiger partial charge < -0.3 is 0 Å². The van der Waals surface area contributed by atoms with E-state index in [1.54, 1.807) is 6.07 Å². The molecule has 0 amide bonds. The molecule has 0 fully saturated rings. The number of hydrogen-bond donors (Lipinski definition) is 1. The van der Waals surface area contributed by atoms with Crippen LogP contribution in [0.5, 0.6) is 0 Å². The highest BCUT2D eigenvalue weighted by molar-refractivity contribution is 9.10. The maximum absolute atomic E-state index is 12.2. The first-order valence-corrected chi connectivity index (χ1v) is 7.91. The van der Waals surface area contributed by atoms with Crippen molar-refractivity contribution in [2.45, 2.75) is 4.90 Å². The van der Waals surface area contributed by atoms with Crippen molar-refractivity contribution in [2.24, 2.45) is 0 Å². The van der Waals surface area contributed by atoms with E-state index in [9.17, 15) is 8.42 Å². The summed E-state index contributed by atoms with van der Waals surface area (Å²) in [4.78, 5) is 3.59. The molecule has 0 radical (unpaired) electrons. The molecule has 0 spiro atoms. The van der Waals surface area contributed by atoms with E-state index >= 15 is 0 Å². The van der Waals surface area contributed by atoms with Gasteiger partial charge >= 0.3 is 0 Å². The first-order valence-electron chi connectivity index (χ1n) is 5.26. The number of nitrogens with one attached hydrogen (secondary N) is 1. The van der Waals surface area contributed by atoms with E-state index in [1.807, 2.05) is 6.07 Å². The summed E-state index contributed by atoms with van der Waals surface area (Å²) in [6, 6.07) is 7.95. The minimum absolute atomic E-state index is 0.0565. The number of halogens is 2. The zero-order valence-corrected chi connectivity index (χ0v) is 13.0. The minimum atomic E-state index is -3.91. The predicted octanol–water partition coefficient (Wildman–Crippen LogP) is 3.17. The molecule has 0 unspecified atom stereocenters. The molecule has 0 aliphatic carbocycles. The van der Waals surface area contributed by atoms with Crippen molar-refractivity contribution >= 4 is 43.2 Å². The van der Waals surface area contributed by atoms with Gasteiger partial charge in [-0.05, 0) is 24.3 Å². The quantitative estimate of drug-likeness (QED) is 0.897. The number of nitriles is 1. The van der Waals surface area contributed by atoms with Gasteiger partial charge in [-0.2, -0.15) is 5.26 Å². The Kier molecular flexibility index (Phi) is 4.28. The zero-order valence-electron chi connectivity index (χ0n) is 9.84. The lowest BCUT2D eigenvalue weighted by Crippen LogP contribution is -2.14. The van der Waals surface area contributed by atoms with Gasteiger partial charge in [0, 0.05) is 16.9 Å². The lowest BCUT2D eigenvalue weighted by molar-refractivity contribution is 0.601. The van der Waals surface area contributed by atoms with Gasteiger partial charge in [0.1, 0.15) is 11.0 Å². The van der Waals surface area contributed by atoms with Crippen LogP contribution in [0.2, 0.25) is 5.02 Å². The Morgan fingerprint density at radius 2 is 2.10 bits per heavy atom. The number of sulfonamides is 1. The van der Waals surface area contributed by atoms with Crippen LogP contribution in [0, 0.1) is 11.3 Å². The van der Waals surface area contributed by atoms with E-state index in [0.29, 0.717) is 4.47 Å². The summed E-state index contributed by atoms with van der Waals surface area (Å²) in [7, 11) is -3.91. The summed E-state index contributed by atoms with van der Waals surface area (Å²) in [5.74, 6) is 0. The van der Waals surface area contributed by atoms with Gasteiger partial charge in [0.2, 0.25) is 0 Å². The van der Waals surface area contributed by atoms with Gasteiger partial charge in [0.25, 0.3) is 10.0 Å². The summed E-state index contributed by atoms with van der Waals surface area (Å²) in [6.45, 7) is 0. The molecule has 0 saturated heterocycles. The standard InChI is InChI=1S/C12H7BrClN3O2S/c13-9-2-1-8(6-15)11(5-9)17-20(18,19)12-7-16-4-3-10(12)14/h1-5,7,17H. The molecule has 8 heteroatoms. The lowest BCUT2D eigenvalue weighted by Gasteiger charge is -2.10. The van der Waals surface area contributed by atoms with E-state index in [4.69, 9.17) is 16.9 Å². The molecule has 0 aliphatic heterocycles. The van der Waals surface area contributed by atoms with Crippen LogP contribution >= 0.6 is 27.5 Å². The van der Waals surface area contributed by atoms with Crippen molar-refractivity contribution in [3.05, 3.63) is 51.7 Å². The van der Waals surface area contributed by atoms with Crippen LogP contribution in [-0.4, -0.2) is 13.4 Å². The molecule has 0 atom stereocenters. The Hall–Kier alpha value is -1.62. The molecule has 1 N–H and O–H groups in total. The Morgan fingerprint density at radius 1 is 1.35 bits per heavy atom. The van der Waals surface area contributed by atoms with E-state index in [-0.39, 0.29) is 21.2 Å². The van der Waals surface area contributed by atoms with Crippen LogP contribution in [0.3, 0.4) is 0 Å². The highest BCUT2D eigenvalue weighted by Crippen LogP contribution is 2.26. The van der Waals surface area contributed by atoms with Crippen LogP contribution in [0.25, 0.3) is 0 Å². The Bertz CT molecular complexity index is 803. The molecular weight excluding hydrogens is 366 g/mol. The number of hydrogen-bond acceptors (Lipinski definition) is 4. The molecule has 2 aromatic rings. The van der Waals surface area contributed by atoms with Crippen molar-refractivity contribution in [1.82, 2.24) is 4.98 Å². The molecule has 2 rings (SSSR count). The first kappa shape index (κ1) is 14.8. The Labute approximate surface area is 129 Å². The largest absolute Gasteiger partial charge is 0.278 e. The van der Waals surface area contributed by atoms with Gasteiger partial charge in [-0.3, -0.25) is 9.71 Å². The Morgan fingerprint density at radius 3 is 2.75 bits per heavy atom. The summed E-state index contributed by atoms with van der Waals surface area (Å²) >= 11 is 9.07. The molecule has 0 saturated carbocycles. The second-order valence-electron chi connectivity index (χ2n) is 3.71. The molecule has 5 nitrogen and oxygen atoms in total. The average Bonchev–Trinajstić information content (AvgIpc) is 2.39. The molecule has 0 aliphatic rings. The summed E-state index contributed by atoms with van der Waals surface area (Å²) in [6.07, 6.45) is 2.54. The zero-order chi connectivity index (χ0) is 14.8. The van der Waals surface area contributed by atoms with Crippen LogP contribution in [0.1, 0.15) is 5.56 Å². The van der Waals surface area contributed by atoms with Gasteiger partial charge in [0.15, 0.2) is 0 Å². The second-order valence-corrected chi connectivity index (χ2v) is 6.69. The van der Waals surface area contributed by atoms with Crippen LogP contribution < -0.4 is 4.72 Å². The van der Waals surface area contributed by atoms with Gasteiger partial charge in [0.05, 0.1) is 16.3 Å². The summed E-state index contributed by atoms with van der Waals surface area (Å²) in [5.41, 5.74) is 0.374. The van der Waals surface area contributed by atoms with Crippen LogP contribution in [0.15, 0.2) is 46.0 Å². The van der Waals surface area contributed by atoms with Crippen molar-refractivity contribution in [3.63, 3.8) is 0 Å². The average molecular weight is 373 g/mol. The third kappa shape index (κ3) is 3.10. The molecule has 20 heavy (non-hydrogen) atoms. The van der Waals surface area contributed by atoms with E-state index in [0.717, 1.165) is 6.20 Å². The maximum atomic E-state index is 12.2. The fraction of sp³-hybridized carbons (Fsp3) is 0. The van der Waals surface area contributed by atoms with Gasteiger partial charge in [-0.1, -0.05) is 27.5 Å². The molecule has 1 aromatic carbocycles. The SMILES string of the molecule is N#Cc1ccc(Br)cc1NS(=O)(=O)c1cnccc1Cl. The molecular formula is C12H7BrClN3O2S. The predicted molar refractivity (Wildman–Crippen MR) is 78.9 cm³/mol. The van der Waals surface area contributed by atoms with Crippen molar-refractivity contribution in [3.8, 4) is 6.07 Å². The molecule has 0 bridgehead atoms. The van der Waals surface area contributed by atoms with Crippen molar-refractivity contribution < 1.29 is 8.42 Å². The Balaban J connectivity index is 2.47. The highest BCUT2D eigenvalue weighted by atomic mass is 79.9. The van der Waals surface area contributed by atoms with Crippen molar-refractivity contribution in [2.75, 3.05) is 4.72 Å². The highest BCUT2D eigenvalue weighted by Gasteiger charge is 2.19. The fourth-order valence-corrected chi connectivity index (χ4v) is 3.32. The molecule has 1 aromatic heterocycles. The number of nitrogens with zero attached hydrogens (tertiary/aromatic N) is 2. The number of aromatic nitrogens is 1. The molecule has 1 heterocycles. The molecule has 102 valence electrons. The number of benzene rings is 1. The second kappa shape index (κ2) is 5.79.